The van der Waals surface area contributed by atoms with Crippen LogP contribution in [0.1, 0.15) is 76.0 Å². The predicted octanol–water partition coefficient (Wildman–Crippen LogP) is 2.86. The second-order valence-electron chi connectivity index (χ2n) is 7.88. The topological polar surface area (TPSA) is 69.7 Å². The molecule has 2 heterocycles. The molecule has 4 rings (SSSR count). The number of fused-ring (bicyclic) bond motifs is 1. The maximum atomic E-state index is 13.0. The highest BCUT2D eigenvalue weighted by atomic mass is 35.5. The number of carbonyl (C=O) groups is 3. The van der Waals surface area contributed by atoms with Crippen molar-refractivity contribution < 1.29 is 14.4 Å². The van der Waals surface area contributed by atoms with Crippen molar-refractivity contribution in [3.63, 3.8) is 0 Å². The average molecular weight is 406 g/mol. The summed E-state index contributed by atoms with van der Waals surface area (Å²) >= 11 is 0. The summed E-state index contributed by atoms with van der Waals surface area (Å²) in [7, 11) is 1.89. The molecule has 1 aliphatic carbocycles. The first-order chi connectivity index (χ1) is 13.1. The van der Waals surface area contributed by atoms with Gasteiger partial charge in [-0.1, -0.05) is 19.3 Å². The van der Waals surface area contributed by atoms with Crippen molar-refractivity contribution in [2.75, 3.05) is 20.1 Å². The van der Waals surface area contributed by atoms with Crippen LogP contribution in [0.25, 0.3) is 0 Å². The molecule has 3 amide bonds. The molecule has 2 aliphatic heterocycles. The van der Waals surface area contributed by atoms with Gasteiger partial charge < -0.3 is 10.2 Å². The lowest BCUT2D eigenvalue weighted by Gasteiger charge is -2.29. The highest BCUT2D eigenvalue weighted by Crippen LogP contribution is 2.32. The smallest absolute Gasteiger partial charge is 0.261 e. The van der Waals surface area contributed by atoms with E-state index >= 15 is 0 Å². The molecule has 1 aromatic rings. The maximum absolute atomic E-state index is 13.0. The highest BCUT2D eigenvalue weighted by molar-refractivity contribution is 6.22. The summed E-state index contributed by atoms with van der Waals surface area (Å²) in [6, 6.07) is 5.19. The van der Waals surface area contributed by atoms with Crippen LogP contribution in [-0.2, 0) is 0 Å². The molecular formula is C21H28ClN3O3. The minimum atomic E-state index is -0.232. The second-order valence-corrected chi connectivity index (χ2v) is 7.88. The Hall–Kier alpha value is -1.92. The number of hydrogen-bond donors (Lipinski definition) is 1. The third kappa shape index (κ3) is 3.55. The molecule has 3 aliphatic rings. The van der Waals surface area contributed by atoms with E-state index in [0.717, 1.165) is 51.6 Å². The van der Waals surface area contributed by atoms with Gasteiger partial charge in [0, 0.05) is 30.7 Å². The number of halogens is 1. The summed E-state index contributed by atoms with van der Waals surface area (Å²) in [6.07, 6.45) is 7.04. The monoisotopic (exact) mass is 405 g/mol. The molecule has 1 N–H and O–H groups in total. The van der Waals surface area contributed by atoms with Crippen molar-refractivity contribution in [2.24, 2.45) is 0 Å². The van der Waals surface area contributed by atoms with Gasteiger partial charge in [0.05, 0.1) is 11.1 Å². The van der Waals surface area contributed by atoms with Gasteiger partial charge in [0.25, 0.3) is 17.7 Å². The molecule has 0 bridgehead atoms. The van der Waals surface area contributed by atoms with E-state index in [0.29, 0.717) is 16.7 Å². The van der Waals surface area contributed by atoms with Crippen molar-refractivity contribution in [3.8, 4) is 0 Å². The molecule has 6 nitrogen and oxygen atoms in total. The number of imide groups is 1. The SMILES string of the molecule is CNCC1CCCN1C(=O)c1ccc2c(c1)C(=O)N(C1CCCCC1)C2=O.Cl. The van der Waals surface area contributed by atoms with E-state index in [1.54, 1.807) is 18.2 Å². The maximum Gasteiger partial charge on any atom is 0.261 e. The number of amides is 3. The molecule has 1 atom stereocenters. The van der Waals surface area contributed by atoms with Crippen molar-refractivity contribution in [1.29, 1.82) is 0 Å². The molecule has 1 saturated heterocycles. The number of likely N-dealkylation sites (tertiary alicyclic amines) is 1. The number of rotatable bonds is 4. The minimum Gasteiger partial charge on any atom is -0.334 e. The van der Waals surface area contributed by atoms with Crippen LogP contribution in [0.15, 0.2) is 18.2 Å². The van der Waals surface area contributed by atoms with Gasteiger partial charge in [-0.25, -0.2) is 0 Å². The molecule has 1 unspecified atom stereocenters. The summed E-state index contributed by atoms with van der Waals surface area (Å²) in [6.45, 7) is 1.51. The van der Waals surface area contributed by atoms with E-state index in [9.17, 15) is 14.4 Å². The molecule has 7 heteroatoms. The molecule has 0 radical (unpaired) electrons. The van der Waals surface area contributed by atoms with E-state index in [1.807, 2.05) is 11.9 Å². The van der Waals surface area contributed by atoms with Crippen LogP contribution in [0.4, 0.5) is 0 Å². The van der Waals surface area contributed by atoms with Gasteiger partial charge in [-0.2, -0.15) is 0 Å². The molecule has 0 spiro atoms. The number of nitrogens with one attached hydrogen (secondary N) is 1. The Labute approximate surface area is 172 Å². The largest absolute Gasteiger partial charge is 0.334 e. The van der Waals surface area contributed by atoms with E-state index in [1.165, 1.54) is 11.3 Å². The van der Waals surface area contributed by atoms with E-state index in [2.05, 4.69) is 5.32 Å². The van der Waals surface area contributed by atoms with Gasteiger partial charge in [-0.05, 0) is 50.9 Å². The Morgan fingerprint density at radius 2 is 1.75 bits per heavy atom. The van der Waals surface area contributed by atoms with Crippen LogP contribution in [-0.4, -0.2) is 59.7 Å². The van der Waals surface area contributed by atoms with Crippen molar-refractivity contribution in [3.05, 3.63) is 34.9 Å². The number of likely N-dealkylation sites (N-methyl/N-ethyl adjacent to an activating group) is 1. The molecule has 28 heavy (non-hydrogen) atoms. The number of hydrogen-bond acceptors (Lipinski definition) is 4. The fourth-order valence-electron chi connectivity index (χ4n) is 4.78. The lowest BCUT2D eigenvalue weighted by Crippen LogP contribution is -2.41. The third-order valence-corrected chi connectivity index (χ3v) is 6.18. The zero-order valence-corrected chi connectivity index (χ0v) is 17.1. The third-order valence-electron chi connectivity index (χ3n) is 6.18. The molecule has 152 valence electrons. The van der Waals surface area contributed by atoms with Crippen LogP contribution in [0, 0.1) is 0 Å². The van der Waals surface area contributed by atoms with Gasteiger partial charge >= 0.3 is 0 Å². The summed E-state index contributed by atoms with van der Waals surface area (Å²) in [5, 5.41) is 3.14. The molecule has 2 fully saturated rings. The lowest BCUT2D eigenvalue weighted by atomic mass is 9.94. The fraction of sp³-hybridized carbons (Fsp3) is 0.571. The predicted molar refractivity (Wildman–Crippen MR) is 109 cm³/mol. The summed E-state index contributed by atoms with van der Waals surface area (Å²) < 4.78 is 0. The zero-order chi connectivity index (χ0) is 19.0. The number of carbonyl (C=O) groups excluding carboxylic acids is 3. The highest BCUT2D eigenvalue weighted by Gasteiger charge is 2.41. The fourth-order valence-corrected chi connectivity index (χ4v) is 4.78. The van der Waals surface area contributed by atoms with E-state index in [-0.39, 0.29) is 42.2 Å². The van der Waals surface area contributed by atoms with Crippen LogP contribution in [0.2, 0.25) is 0 Å². The van der Waals surface area contributed by atoms with E-state index < -0.39 is 0 Å². The Morgan fingerprint density at radius 1 is 1.04 bits per heavy atom. The van der Waals surface area contributed by atoms with E-state index in [4.69, 9.17) is 0 Å². The van der Waals surface area contributed by atoms with Crippen molar-refractivity contribution in [1.82, 2.24) is 15.1 Å². The molecule has 1 saturated carbocycles. The standard InChI is InChI=1S/C21H27N3O3.ClH/c1-22-13-16-8-5-11-23(16)19(25)14-9-10-17-18(12-14)21(27)24(20(17)26)15-6-3-2-4-7-15;/h9-10,12,15-16,22H,2-8,11,13H2,1H3;1H. The van der Waals surface area contributed by atoms with Crippen LogP contribution in [0.5, 0.6) is 0 Å². The Morgan fingerprint density at radius 3 is 2.46 bits per heavy atom. The summed E-state index contributed by atoms with van der Waals surface area (Å²) in [4.78, 5) is 42.0. The van der Waals surface area contributed by atoms with Gasteiger partial charge in [0.15, 0.2) is 0 Å². The molecule has 1 aromatic carbocycles. The van der Waals surface area contributed by atoms with Crippen LogP contribution in [0.3, 0.4) is 0 Å². The summed E-state index contributed by atoms with van der Waals surface area (Å²) in [5.41, 5.74) is 1.33. The van der Waals surface area contributed by atoms with Gasteiger partial charge in [-0.15, -0.1) is 12.4 Å². The summed E-state index contributed by atoms with van der Waals surface area (Å²) in [5.74, 6) is -0.480. The van der Waals surface area contributed by atoms with Crippen LogP contribution < -0.4 is 5.32 Å². The van der Waals surface area contributed by atoms with Gasteiger partial charge in [0.1, 0.15) is 0 Å². The molecular weight excluding hydrogens is 378 g/mol. The number of benzene rings is 1. The Balaban J connectivity index is 0.00000225. The number of nitrogens with zero attached hydrogens (tertiary/aromatic N) is 2. The minimum absolute atomic E-state index is 0. The van der Waals surface area contributed by atoms with Crippen LogP contribution >= 0.6 is 12.4 Å². The molecule has 0 aromatic heterocycles. The average Bonchev–Trinajstić information content (AvgIpc) is 3.25. The lowest BCUT2D eigenvalue weighted by molar-refractivity contribution is 0.0548. The van der Waals surface area contributed by atoms with Crippen molar-refractivity contribution >= 4 is 30.1 Å². The second kappa shape index (κ2) is 8.62. The van der Waals surface area contributed by atoms with Crippen molar-refractivity contribution in [2.45, 2.75) is 57.0 Å². The first-order valence-electron chi connectivity index (χ1n) is 10.1. The Kier molecular flexibility index (Phi) is 6.40. The zero-order valence-electron chi connectivity index (χ0n) is 16.3. The normalized spacial score (nSPS) is 22.4. The first-order valence-corrected chi connectivity index (χ1v) is 10.1. The van der Waals surface area contributed by atoms with Gasteiger partial charge in [-0.3, -0.25) is 19.3 Å². The Bertz CT molecular complexity index is 776. The van der Waals surface area contributed by atoms with Gasteiger partial charge in [0.2, 0.25) is 0 Å². The first kappa shape index (κ1) is 20.8. The quantitative estimate of drug-likeness (QED) is 0.782.